The van der Waals surface area contributed by atoms with Gasteiger partial charge in [0.15, 0.2) is 0 Å². The molecule has 0 spiro atoms. The van der Waals surface area contributed by atoms with Gasteiger partial charge in [-0.3, -0.25) is 19.3 Å². The van der Waals surface area contributed by atoms with E-state index in [2.05, 4.69) is 36.4 Å². The Morgan fingerprint density at radius 1 is 0.773 bits per heavy atom. The zero-order chi connectivity index (χ0) is 30.2. The molecule has 44 heavy (non-hydrogen) atoms. The highest BCUT2D eigenvalue weighted by molar-refractivity contribution is 6.26. The Morgan fingerprint density at radius 3 is 2.20 bits per heavy atom. The van der Waals surface area contributed by atoms with Crippen LogP contribution in [0.3, 0.4) is 0 Å². The van der Waals surface area contributed by atoms with E-state index in [9.17, 15) is 14.4 Å². The number of aromatic nitrogens is 1. The van der Waals surface area contributed by atoms with Crippen LogP contribution in [0.5, 0.6) is 0 Å². The second-order valence-corrected chi connectivity index (χ2v) is 10.9. The summed E-state index contributed by atoms with van der Waals surface area (Å²) in [6, 6.07) is 33.0. The van der Waals surface area contributed by atoms with Gasteiger partial charge in [0.25, 0.3) is 5.91 Å². The minimum atomic E-state index is -0.252. The minimum absolute atomic E-state index is 0.0433. The Labute approximate surface area is 255 Å². The molecule has 2 aliphatic heterocycles. The SMILES string of the molecule is CC(=O)N1/C(=C\c2cc(-c3ccc(-c4ccccc4)cc3)c3cc(C(=O)N4CCOCC4)ccc3n2)C(=O)c2ccccc21. The minimum Gasteiger partial charge on any atom is -0.378 e. The van der Waals surface area contributed by atoms with Crippen LogP contribution in [0, 0.1) is 0 Å². The van der Waals surface area contributed by atoms with E-state index in [1.54, 1.807) is 30.3 Å². The maximum atomic E-state index is 13.4. The van der Waals surface area contributed by atoms with Gasteiger partial charge in [0.05, 0.1) is 35.8 Å². The highest BCUT2D eigenvalue weighted by Gasteiger charge is 2.34. The van der Waals surface area contributed by atoms with Crippen molar-refractivity contribution in [1.29, 1.82) is 0 Å². The lowest BCUT2D eigenvalue weighted by Gasteiger charge is -2.27. The molecule has 1 fully saturated rings. The molecule has 0 bridgehead atoms. The van der Waals surface area contributed by atoms with Crippen molar-refractivity contribution in [2.24, 2.45) is 0 Å². The predicted molar refractivity (Wildman–Crippen MR) is 171 cm³/mol. The monoisotopic (exact) mass is 579 g/mol. The maximum Gasteiger partial charge on any atom is 0.254 e. The van der Waals surface area contributed by atoms with Crippen molar-refractivity contribution in [3.63, 3.8) is 0 Å². The Hall–Kier alpha value is -5.40. The van der Waals surface area contributed by atoms with Gasteiger partial charge in [0.1, 0.15) is 0 Å². The molecule has 7 nitrogen and oxygen atoms in total. The third-order valence-electron chi connectivity index (χ3n) is 8.14. The van der Waals surface area contributed by atoms with Crippen molar-refractivity contribution < 1.29 is 19.1 Å². The van der Waals surface area contributed by atoms with Gasteiger partial charge >= 0.3 is 0 Å². The van der Waals surface area contributed by atoms with Crippen LogP contribution >= 0.6 is 0 Å². The van der Waals surface area contributed by atoms with Gasteiger partial charge in [-0.1, -0.05) is 66.7 Å². The number of benzene rings is 4. The topological polar surface area (TPSA) is 79.8 Å². The quantitative estimate of drug-likeness (QED) is 0.223. The molecule has 4 aromatic carbocycles. The van der Waals surface area contributed by atoms with Crippen molar-refractivity contribution in [2.45, 2.75) is 6.92 Å². The van der Waals surface area contributed by atoms with E-state index in [0.29, 0.717) is 54.3 Å². The number of carbonyl (C=O) groups excluding carboxylic acids is 3. The number of para-hydroxylation sites is 1. The van der Waals surface area contributed by atoms with Crippen molar-refractivity contribution in [1.82, 2.24) is 9.88 Å². The van der Waals surface area contributed by atoms with E-state index in [-0.39, 0.29) is 23.3 Å². The summed E-state index contributed by atoms with van der Waals surface area (Å²) < 4.78 is 5.43. The Morgan fingerprint density at radius 2 is 1.45 bits per heavy atom. The molecule has 2 aliphatic rings. The molecule has 7 rings (SSSR count). The second kappa shape index (κ2) is 11.4. The average molecular weight is 580 g/mol. The number of morpholine rings is 1. The van der Waals surface area contributed by atoms with Crippen molar-refractivity contribution in [3.8, 4) is 22.3 Å². The molecular weight excluding hydrogens is 550 g/mol. The van der Waals surface area contributed by atoms with E-state index in [0.717, 1.165) is 27.6 Å². The van der Waals surface area contributed by atoms with Gasteiger partial charge in [0.2, 0.25) is 11.7 Å². The van der Waals surface area contributed by atoms with Crippen LogP contribution in [0.15, 0.2) is 109 Å². The van der Waals surface area contributed by atoms with Crippen LogP contribution in [0.1, 0.15) is 33.3 Å². The highest BCUT2D eigenvalue weighted by Crippen LogP contribution is 2.37. The van der Waals surface area contributed by atoms with Crippen molar-refractivity contribution >= 4 is 40.3 Å². The summed E-state index contributed by atoms with van der Waals surface area (Å²) in [6.07, 6.45) is 1.68. The number of rotatable bonds is 4. The zero-order valence-corrected chi connectivity index (χ0v) is 24.2. The van der Waals surface area contributed by atoms with Crippen molar-refractivity contribution in [2.75, 3.05) is 31.2 Å². The first-order valence-electron chi connectivity index (χ1n) is 14.6. The van der Waals surface area contributed by atoms with E-state index in [1.807, 2.05) is 47.4 Å². The summed E-state index contributed by atoms with van der Waals surface area (Å²) in [4.78, 5) is 47.7. The molecule has 2 amide bonds. The molecule has 0 saturated carbocycles. The summed E-state index contributed by atoms with van der Waals surface area (Å²) in [5.41, 5.74) is 7.13. The van der Waals surface area contributed by atoms with Crippen LogP contribution in [-0.2, 0) is 9.53 Å². The van der Waals surface area contributed by atoms with Gasteiger partial charge in [-0.2, -0.15) is 0 Å². The van der Waals surface area contributed by atoms with E-state index in [1.165, 1.54) is 11.8 Å². The molecule has 0 atom stereocenters. The number of carbonyl (C=O) groups is 3. The lowest BCUT2D eigenvalue weighted by atomic mass is 9.96. The molecule has 0 aliphatic carbocycles. The summed E-state index contributed by atoms with van der Waals surface area (Å²) in [6.45, 7) is 3.61. The number of anilines is 1. The smallest absolute Gasteiger partial charge is 0.254 e. The van der Waals surface area contributed by atoms with E-state index in [4.69, 9.17) is 9.72 Å². The molecule has 1 aromatic heterocycles. The largest absolute Gasteiger partial charge is 0.378 e. The van der Waals surface area contributed by atoms with Crippen LogP contribution in [0.4, 0.5) is 5.69 Å². The van der Waals surface area contributed by atoms with Crippen LogP contribution in [0.2, 0.25) is 0 Å². The number of hydrogen-bond acceptors (Lipinski definition) is 5. The van der Waals surface area contributed by atoms with Gasteiger partial charge in [-0.05, 0) is 64.7 Å². The number of allylic oxidation sites excluding steroid dienone is 1. The van der Waals surface area contributed by atoms with Gasteiger partial charge < -0.3 is 9.64 Å². The fourth-order valence-electron chi connectivity index (χ4n) is 5.95. The molecule has 5 aromatic rings. The number of Topliss-reactive ketones (excluding diaryl/α,β-unsaturated/α-hetero) is 1. The third kappa shape index (κ3) is 4.97. The molecule has 216 valence electrons. The molecule has 3 heterocycles. The number of ether oxygens (including phenoxy) is 1. The summed E-state index contributed by atoms with van der Waals surface area (Å²) >= 11 is 0. The van der Waals surface area contributed by atoms with Crippen molar-refractivity contribution in [3.05, 3.63) is 126 Å². The Bertz CT molecular complexity index is 1960. The second-order valence-electron chi connectivity index (χ2n) is 10.9. The third-order valence-corrected chi connectivity index (χ3v) is 8.14. The first-order chi connectivity index (χ1) is 21.5. The highest BCUT2D eigenvalue weighted by atomic mass is 16.5. The molecular formula is C37H29N3O4. The first-order valence-corrected chi connectivity index (χ1v) is 14.6. The predicted octanol–water partition coefficient (Wildman–Crippen LogP) is 6.63. The van der Waals surface area contributed by atoms with Crippen LogP contribution in [0.25, 0.3) is 39.2 Å². The standard InChI is InChI=1S/C37H29N3O4/c1-24(41)40-34-10-6-5-9-30(34)36(42)35(40)23-29-22-31(27-13-11-26(12-14-27)25-7-3-2-4-8-25)32-21-28(15-16-33(32)38-29)37(43)39-17-19-44-20-18-39/h2-16,21-23H,17-20H2,1H3/b35-23-. The summed E-state index contributed by atoms with van der Waals surface area (Å²) in [5, 5.41) is 0.822. The number of ketones is 1. The van der Waals surface area contributed by atoms with Crippen LogP contribution < -0.4 is 4.90 Å². The van der Waals surface area contributed by atoms with Crippen LogP contribution in [-0.4, -0.2) is 53.8 Å². The van der Waals surface area contributed by atoms with Gasteiger partial charge in [-0.15, -0.1) is 0 Å². The lowest BCUT2D eigenvalue weighted by Crippen LogP contribution is -2.40. The first kappa shape index (κ1) is 27.4. The van der Waals surface area contributed by atoms with E-state index < -0.39 is 0 Å². The Kier molecular flexibility index (Phi) is 7.08. The summed E-state index contributed by atoms with van der Waals surface area (Å²) in [5.74, 6) is -0.519. The molecule has 0 unspecified atom stereocenters. The maximum absolute atomic E-state index is 13.4. The number of fused-ring (bicyclic) bond motifs is 2. The fraction of sp³-hybridized carbons (Fsp3) is 0.135. The van der Waals surface area contributed by atoms with Gasteiger partial charge in [-0.25, -0.2) is 4.98 Å². The molecule has 7 heteroatoms. The lowest BCUT2D eigenvalue weighted by molar-refractivity contribution is -0.116. The Balaban J connectivity index is 1.36. The fourth-order valence-corrected chi connectivity index (χ4v) is 5.95. The molecule has 0 N–H and O–H groups in total. The van der Waals surface area contributed by atoms with Gasteiger partial charge in [0, 0.05) is 36.5 Å². The number of amides is 2. The van der Waals surface area contributed by atoms with E-state index >= 15 is 0 Å². The number of nitrogens with zero attached hydrogens (tertiary/aromatic N) is 3. The molecule has 0 radical (unpaired) electrons. The average Bonchev–Trinajstić information content (AvgIpc) is 3.35. The molecule has 1 saturated heterocycles. The zero-order valence-electron chi connectivity index (χ0n) is 24.2. The normalized spacial score (nSPS) is 15.6. The number of pyridine rings is 1. The summed E-state index contributed by atoms with van der Waals surface area (Å²) in [7, 11) is 0. The number of hydrogen-bond donors (Lipinski definition) is 0.